The lowest BCUT2D eigenvalue weighted by atomic mass is 9.94. The van der Waals surface area contributed by atoms with Crippen LogP contribution in [0.3, 0.4) is 0 Å². The fourth-order valence-electron chi connectivity index (χ4n) is 3.72. The van der Waals surface area contributed by atoms with Gasteiger partial charge in [-0.25, -0.2) is 4.39 Å². The van der Waals surface area contributed by atoms with Gasteiger partial charge in [-0.2, -0.15) is 0 Å². The normalized spacial score (nSPS) is 25.5. The van der Waals surface area contributed by atoms with E-state index < -0.39 is 0 Å². The predicted molar refractivity (Wildman–Crippen MR) is 85.1 cm³/mol. The van der Waals surface area contributed by atoms with Crippen molar-refractivity contribution < 1.29 is 9.18 Å². The van der Waals surface area contributed by atoms with Crippen LogP contribution in [0.15, 0.2) is 24.3 Å². The van der Waals surface area contributed by atoms with Gasteiger partial charge < -0.3 is 15.5 Å². The monoisotopic (exact) mass is 305 g/mol. The summed E-state index contributed by atoms with van der Waals surface area (Å²) in [5, 5.41) is 0. The number of benzene rings is 1. The highest BCUT2D eigenvalue weighted by atomic mass is 19.1. The smallest absolute Gasteiger partial charge is 0.226 e. The zero-order chi connectivity index (χ0) is 15.5. The van der Waals surface area contributed by atoms with Crippen LogP contribution in [0.1, 0.15) is 19.3 Å². The molecule has 0 bridgehead atoms. The number of halogens is 1. The van der Waals surface area contributed by atoms with Crippen LogP contribution in [0, 0.1) is 17.7 Å². The molecule has 2 N–H and O–H groups in total. The molecule has 3 rings (SSSR count). The summed E-state index contributed by atoms with van der Waals surface area (Å²) >= 11 is 0. The molecule has 1 aliphatic carbocycles. The Labute approximate surface area is 131 Å². The molecular formula is C17H24FN3O. The molecule has 1 aliphatic heterocycles. The van der Waals surface area contributed by atoms with Gasteiger partial charge in [0, 0.05) is 37.8 Å². The van der Waals surface area contributed by atoms with E-state index in [-0.39, 0.29) is 17.6 Å². The van der Waals surface area contributed by atoms with E-state index in [1.54, 1.807) is 12.1 Å². The molecular weight excluding hydrogens is 281 g/mol. The minimum Gasteiger partial charge on any atom is -0.368 e. The van der Waals surface area contributed by atoms with Crippen molar-refractivity contribution in [1.29, 1.82) is 0 Å². The second-order valence-electron chi connectivity index (χ2n) is 6.32. The van der Waals surface area contributed by atoms with Crippen molar-refractivity contribution in [3.63, 3.8) is 0 Å². The third-order valence-corrected chi connectivity index (χ3v) is 5.06. The lowest BCUT2D eigenvalue weighted by Crippen LogP contribution is -2.51. The average molecular weight is 305 g/mol. The fraction of sp³-hybridized carbons (Fsp3) is 0.588. The third kappa shape index (κ3) is 3.09. The summed E-state index contributed by atoms with van der Waals surface area (Å²) in [7, 11) is 0. The molecule has 120 valence electrons. The topological polar surface area (TPSA) is 49.6 Å². The van der Waals surface area contributed by atoms with Gasteiger partial charge in [-0.3, -0.25) is 4.79 Å². The molecule has 0 aromatic heterocycles. The highest BCUT2D eigenvalue weighted by molar-refractivity contribution is 5.79. The van der Waals surface area contributed by atoms with Gasteiger partial charge in [-0.05, 0) is 49.6 Å². The molecule has 2 atom stereocenters. The van der Waals surface area contributed by atoms with Crippen molar-refractivity contribution in [2.45, 2.75) is 19.3 Å². The highest BCUT2D eigenvalue weighted by Gasteiger charge is 2.35. The molecule has 0 unspecified atom stereocenters. The van der Waals surface area contributed by atoms with Gasteiger partial charge in [-0.15, -0.1) is 0 Å². The maximum absolute atomic E-state index is 13.0. The molecule has 1 aromatic rings. The summed E-state index contributed by atoms with van der Waals surface area (Å²) in [6.07, 6.45) is 3.19. The van der Waals surface area contributed by atoms with Crippen molar-refractivity contribution >= 4 is 11.6 Å². The zero-order valence-corrected chi connectivity index (χ0v) is 12.9. The SMILES string of the molecule is NC[C@H]1CCC[C@H]1C(=O)N1CCN(c2ccc(F)cc2)CC1. The average Bonchev–Trinajstić information content (AvgIpc) is 3.04. The number of anilines is 1. The number of amides is 1. The molecule has 1 heterocycles. The van der Waals surface area contributed by atoms with E-state index in [9.17, 15) is 9.18 Å². The summed E-state index contributed by atoms with van der Waals surface area (Å²) in [5.41, 5.74) is 6.81. The van der Waals surface area contributed by atoms with Crippen LogP contribution >= 0.6 is 0 Å². The summed E-state index contributed by atoms with van der Waals surface area (Å²) in [4.78, 5) is 16.9. The molecule has 1 aromatic carbocycles. The van der Waals surface area contributed by atoms with Gasteiger partial charge in [0.15, 0.2) is 0 Å². The van der Waals surface area contributed by atoms with Crippen molar-refractivity contribution in [1.82, 2.24) is 4.90 Å². The maximum Gasteiger partial charge on any atom is 0.226 e. The Morgan fingerprint density at radius 3 is 2.45 bits per heavy atom. The van der Waals surface area contributed by atoms with Crippen molar-refractivity contribution in [3.8, 4) is 0 Å². The number of rotatable bonds is 3. The maximum atomic E-state index is 13.0. The van der Waals surface area contributed by atoms with Crippen LogP contribution in [0.2, 0.25) is 0 Å². The van der Waals surface area contributed by atoms with E-state index in [2.05, 4.69) is 4.90 Å². The van der Waals surface area contributed by atoms with Crippen molar-refractivity contribution in [2.75, 3.05) is 37.6 Å². The lowest BCUT2D eigenvalue weighted by Gasteiger charge is -2.37. The Hall–Kier alpha value is -1.62. The first-order valence-corrected chi connectivity index (χ1v) is 8.18. The Morgan fingerprint density at radius 1 is 1.14 bits per heavy atom. The van der Waals surface area contributed by atoms with Gasteiger partial charge in [0.1, 0.15) is 5.82 Å². The first-order chi connectivity index (χ1) is 10.7. The first-order valence-electron chi connectivity index (χ1n) is 8.18. The summed E-state index contributed by atoms with van der Waals surface area (Å²) in [5.74, 6) is 0.559. The number of piperazine rings is 1. The van der Waals surface area contributed by atoms with Gasteiger partial charge in [-0.1, -0.05) is 6.42 Å². The quantitative estimate of drug-likeness (QED) is 0.927. The van der Waals surface area contributed by atoms with Crippen LogP contribution in [0.5, 0.6) is 0 Å². The summed E-state index contributed by atoms with van der Waals surface area (Å²) in [6, 6.07) is 6.57. The van der Waals surface area contributed by atoms with E-state index in [4.69, 9.17) is 5.73 Å². The second kappa shape index (κ2) is 6.65. The number of nitrogens with zero attached hydrogens (tertiary/aromatic N) is 2. The van der Waals surface area contributed by atoms with Gasteiger partial charge >= 0.3 is 0 Å². The first kappa shape index (κ1) is 15.3. The Morgan fingerprint density at radius 2 is 1.82 bits per heavy atom. The zero-order valence-electron chi connectivity index (χ0n) is 12.9. The molecule has 1 amide bonds. The van der Waals surface area contributed by atoms with Gasteiger partial charge in [0.2, 0.25) is 5.91 Å². The Bertz CT molecular complexity index is 511. The Kier molecular flexibility index (Phi) is 4.62. The van der Waals surface area contributed by atoms with Crippen LogP contribution in [-0.4, -0.2) is 43.5 Å². The van der Waals surface area contributed by atoms with E-state index in [1.165, 1.54) is 12.1 Å². The third-order valence-electron chi connectivity index (χ3n) is 5.06. The van der Waals surface area contributed by atoms with Crippen molar-refractivity contribution in [2.24, 2.45) is 17.6 Å². The molecule has 2 fully saturated rings. The number of carbonyl (C=O) groups excluding carboxylic acids is 1. The molecule has 2 aliphatic rings. The van der Waals surface area contributed by atoms with E-state index in [0.29, 0.717) is 12.5 Å². The molecule has 5 heteroatoms. The standard InChI is InChI=1S/C17H24FN3O/c18-14-4-6-15(7-5-14)20-8-10-21(11-9-20)17(22)16-3-1-2-13(16)12-19/h4-7,13,16H,1-3,8-12,19H2/t13-,16-/m1/s1. The van der Waals surface area contributed by atoms with E-state index in [0.717, 1.165) is 51.1 Å². The predicted octanol–water partition coefficient (Wildman–Crippen LogP) is 1.85. The molecule has 1 saturated heterocycles. The molecule has 0 spiro atoms. The number of nitrogens with two attached hydrogens (primary N) is 1. The largest absolute Gasteiger partial charge is 0.368 e. The van der Waals surface area contributed by atoms with Gasteiger partial charge in [0.05, 0.1) is 0 Å². The molecule has 4 nitrogen and oxygen atoms in total. The van der Waals surface area contributed by atoms with Crippen LogP contribution in [0.25, 0.3) is 0 Å². The number of hydrogen-bond donors (Lipinski definition) is 1. The minimum absolute atomic E-state index is 0.127. The molecule has 1 saturated carbocycles. The fourth-order valence-corrected chi connectivity index (χ4v) is 3.72. The Balaban J connectivity index is 1.57. The highest BCUT2D eigenvalue weighted by Crippen LogP contribution is 2.32. The molecule has 0 radical (unpaired) electrons. The van der Waals surface area contributed by atoms with E-state index >= 15 is 0 Å². The van der Waals surface area contributed by atoms with Crippen molar-refractivity contribution in [3.05, 3.63) is 30.1 Å². The van der Waals surface area contributed by atoms with Gasteiger partial charge in [0.25, 0.3) is 0 Å². The molecule has 22 heavy (non-hydrogen) atoms. The minimum atomic E-state index is -0.216. The van der Waals surface area contributed by atoms with Crippen LogP contribution in [0.4, 0.5) is 10.1 Å². The van der Waals surface area contributed by atoms with Crippen LogP contribution in [-0.2, 0) is 4.79 Å². The second-order valence-corrected chi connectivity index (χ2v) is 6.32. The van der Waals surface area contributed by atoms with E-state index in [1.807, 2.05) is 4.90 Å². The lowest BCUT2D eigenvalue weighted by molar-refractivity contribution is -0.136. The number of carbonyl (C=O) groups is 1. The van der Waals surface area contributed by atoms with Crippen LogP contribution < -0.4 is 10.6 Å². The number of hydrogen-bond acceptors (Lipinski definition) is 3. The summed E-state index contributed by atoms with van der Waals surface area (Å²) in [6.45, 7) is 3.70. The summed E-state index contributed by atoms with van der Waals surface area (Å²) < 4.78 is 13.0.